The monoisotopic (exact) mass is 285 g/mol. The second kappa shape index (κ2) is 7.28. The summed E-state index contributed by atoms with van der Waals surface area (Å²) in [5.41, 5.74) is 7.86. The summed E-state index contributed by atoms with van der Waals surface area (Å²) in [6.45, 7) is 2.76. The van der Waals surface area contributed by atoms with E-state index in [9.17, 15) is 4.79 Å². The van der Waals surface area contributed by atoms with Crippen LogP contribution in [0.4, 0.5) is 11.5 Å². The molecule has 5 nitrogen and oxygen atoms in total. The summed E-state index contributed by atoms with van der Waals surface area (Å²) in [4.78, 5) is 15.9. The summed E-state index contributed by atoms with van der Waals surface area (Å²) in [5, 5.41) is 3.15. The van der Waals surface area contributed by atoms with Gasteiger partial charge >= 0.3 is 5.97 Å². The number of hydrogen-bond acceptors (Lipinski definition) is 5. The third-order valence-electron chi connectivity index (χ3n) is 3.03. The number of hydrogen-bond donors (Lipinski definition) is 2. The topological polar surface area (TPSA) is 77.2 Å². The van der Waals surface area contributed by atoms with Gasteiger partial charge in [0.25, 0.3) is 0 Å². The fourth-order valence-corrected chi connectivity index (χ4v) is 1.97. The van der Waals surface area contributed by atoms with Crippen LogP contribution >= 0.6 is 0 Å². The van der Waals surface area contributed by atoms with E-state index in [2.05, 4.69) is 22.4 Å². The molecule has 0 bridgehead atoms. The van der Waals surface area contributed by atoms with Crippen molar-refractivity contribution in [3.8, 4) is 0 Å². The number of rotatable bonds is 6. The van der Waals surface area contributed by atoms with Crippen LogP contribution in [0.1, 0.15) is 22.8 Å². The molecule has 1 aromatic carbocycles. The zero-order valence-corrected chi connectivity index (χ0v) is 12.0. The van der Waals surface area contributed by atoms with E-state index in [4.69, 9.17) is 10.5 Å². The largest absolute Gasteiger partial charge is 0.462 e. The number of nitrogens with one attached hydrogen (secondary N) is 1. The molecule has 0 aliphatic rings. The lowest BCUT2D eigenvalue weighted by Crippen LogP contribution is -2.13. The molecule has 0 fully saturated rings. The van der Waals surface area contributed by atoms with Gasteiger partial charge in [0.2, 0.25) is 0 Å². The smallest absolute Gasteiger partial charge is 0.340 e. The molecule has 5 heteroatoms. The lowest BCUT2D eigenvalue weighted by Gasteiger charge is -2.11. The van der Waals surface area contributed by atoms with Gasteiger partial charge in [0.15, 0.2) is 0 Å². The molecule has 0 aliphatic carbocycles. The number of benzene rings is 1. The molecule has 110 valence electrons. The molecule has 0 unspecified atom stereocenters. The Bertz CT molecular complexity index is 600. The van der Waals surface area contributed by atoms with Gasteiger partial charge in [-0.2, -0.15) is 0 Å². The van der Waals surface area contributed by atoms with Gasteiger partial charge in [-0.15, -0.1) is 0 Å². The molecule has 3 N–H and O–H groups in total. The van der Waals surface area contributed by atoms with E-state index in [0.29, 0.717) is 30.2 Å². The second-order valence-corrected chi connectivity index (χ2v) is 4.50. The Morgan fingerprint density at radius 3 is 2.76 bits per heavy atom. The average molecular weight is 285 g/mol. The maximum absolute atomic E-state index is 11.8. The number of nitrogens with zero attached hydrogens (tertiary/aromatic N) is 1. The summed E-state index contributed by atoms with van der Waals surface area (Å²) < 4.78 is 4.96. The Kier molecular flexibility index (Phi) is 5.15. The van der Waals surface area contributed by atoms with Crippen LogP contribution in [0, 0.1) is 0 Å². The molecule has 1 aromatic heterocycles. The minimum atomic E-state index is -0.427. The number of carbonyl (C=O) groups excluding carboxylic acids is 1. The van der Waals surface area contributed by atoms with Crippen LogP contribution in [0.5, 0.6) is 0 Å². The standard InChI is InChI=1S/C16H19N3O2/c1-2-21-16(20)13-9-11-19-15(14(13)17)18-10-8-12-6-4-3-5-7-12/h3-7,9,11H,2,8,10,17H2,1H3,(H,18,19). The molecule has 0 aliphatic heterocycles. The first-order valence-corrected chi connectivity index (χ1v) is 6.91. The van der Waals surface area contributed by atoms with Crippen molar-refractivity contribution >= 4 is 17.5 Å². The normalized spacial score (nSPS) is 10.1. The van der Waals surface area contributed by atoms with Gasteiger partial charge in [-0.3, -0.25) is 0 Å². The van der Waals surface area contributed by atoms with Crippen molar-refractivity contribution < 1.29 is 9.53 Å². The van der Waals surface area contributed by atoms with E-state index < -0.39 is 5.97 Å². The minimum absolute atomic E-state index is 0.317. The molecule has 0 spiro atoms. The highest BCUT2D eigenvalue weighted by Gasteiger charge is 2.14. The maximum Gasteiger partial charge on any atom is 0.340 e. The third-order valence-corrected chi connectivity index (χ3v) is 3.03. The Hall–Kier alpha value is -2.56. The highest BCUT2D eigenvalue weighted by atomic mass is 16.5. The maximum atomic E-state index is 11.8. The summed E-state index contributed by atoms with van der Waals surface area (Å²) >= 11 is 0. The molecule has 0 saturated heterocycles. The van der Waals surface area contributed by atoms with Crippen LogP contribution in [0.15, 0.2) is 42.6 Å². The summed E-state index contributed by atoms with van der Waals surface area (Å²) in [6.07, 6.45) is 2.40. The van der Waals surface area contributed by atoms with Gasteiger partial charge in [0.1, 0.15) is 5.82 Å². The molecular weight excluding hydrogens is 266 g/mol. The highest BCUT2D eigenvalue weighted by molar-refractivity contribution is 5.97. The molecule has 0 amide bonds. The van der Waals surface area contributed by atoms with E-state index >= 15 is 0 Å². The van der Waals surface area contributed by atoms with Crippen molar-refractivity contribution in [3.63, 3.8) is 0 Å². The zero-order valence-electron chi connectivity index (χ0n) is 12.0. The number of nitrogens with two attached hydrogens (primary N) is 1. The quantitative estimate of drug-likeness (QED) is 0.797. The fraction of sp³-hybridized carbons (Fsp3) is 0.250. The minimum Gasteiger partial charge on any atom is -0.462 e. The number of anilines is 2. The van der Waals surface area contributed by atoms with Gasteiger partial charge in [-0.25, -0.2) is 9.78 Å². The predicted octanol–water partition coefficient (Wildman–Crippen LogP) is 2.50. The Morgan fingerprint density at radius 2 is 2.05 bits per heavy atom. The van der Waals surface area contributed by atoms with Gasteiger partial charge in [-0.1, -0.05) is 30.3 Å². The first-order valence-electron chi connectivity index (χ1n) is 6.91. The SMILES string of the molecule is CCOC(=O)c1ccnc(NCCc2ccccc2)c1N. The molecular formula is C16H19N3O2. The van der Waals surface area contributed by atoms with Crippen LogP contribution in [-0.4, -0.2) is 24.1 Å². The number of carbonyl (C=O) groups is 1. The van der Waals surface area contributed by atoms with E-state index in [1.165, 1.54) is 5.56 Å². The number of ether oxygens (including phenoxy) is 1. The van der Waals surface area contributed by atoms with E-state index in [-0.39, 0.29) is 0 Å². The number of esters is 1. The highest BCUT2D eigenvalue weighted by Crippen LogP contribution is 2.20. The molecule has 21 heavy (non-hydrogen) atoms. The Morgan fingerprint density at radius 1 is 1.29 bits per heavy atom. The third kappa shape index (κ3) is 3.95. The van der Waals surface area contributed by atoms with Crippen LogP contribution < -0.4 is 11.1 Å². The second-order valence-electron chi connectivity index (χ2n) is 4.50. The van der Waals surface area contributed by atoms with Crippen LogP contribution in [-0.2, 0) is 11.2 Å². The van der Waals surface area contributed by atoms with Crippen molar-refractivity contribution in [3.05, 3.63) is 53.7 Å². The van der Waals surface area contributed by atoms with E-state index in [1.54, 1.807) is 19.2 Å². The van der Waals surface area contributed by atoms with E-state index in [1.807, 2.05) is 18.2 Å². The lowest BCUT2D eigenvalue weighted by atomic mass is 10.1. The molecule has 2 rings (SSSR count). The fourth-order valence-electron chi connectivity index (χ4n) is 1.97. The molecule has 2 aromatic rings. The summed E-state index contributed by atoms with van der Waals surface area (Å²) in [6, 6.07) is 11.7. The summed E-state index contributed by atoms with van der Waals surface area (Å²) in [7, 11) is 0. The molecule has 0 saturated carbocycles. The Labute approximate surface area is 124 Å². The molecule has 0 radical (unpaired) electrons. The molecule has 1 heterocycles. The van der Waals surface area contributed by atoms with Crippen molar-refractivity contribution in [2.75, 3.05) is 24.2 Å². The van der Waals surface area contributed by atoms with Crippen molar-refractivity contribution in [1.82, 2.24) is 4.98 Å². The predicted molar refractivity (Wildman–Crippen MR) is 83.2 cm³/mol. The number of nitrogen functional groups attached to an aromatic ring is 1. The van der Waals surface area contributed by atoms with Crippen LogP contribution in [0.3, 0.4) is 0 Å². The van der Waals surface area contributed by atoms with E-state index in [0.717, 1.165) is 6.42 Å². The average Bonchev–Trinajstić information content (AvgIpc) is 2.50. The first-order chi connectivity index (χ1) is 10.2. The van der Waals surface area contributed by atoms with Gasteiger partial charge in [-0.05, 0) is 25.0 Å². The number of aromatic nitrogens is 1. The van der Waals surface area contributed by atoms with Crippen molar-refractivity contribution in [1.29, 1.82) is 0 Å². The van der Waals surface area contributed by atoms with Crippen molar-refractivity contribution in [2.24, 2.45) is 0 Å². The molecule has 0 atom stereocenters. The van der Waals surface area contributed by atoms with Crippen LogP contribution in [0.2, 0.25) is 0 Å². The van der Waals surface area contributed by atoms with Gasteiger partial charge in [0, 0.05) is 12.7 Å². The van der Waals surface area contributed by atoms with Crippen LogP contribution in [0.25, 0.3) is 0 Å². The number of pyridine rings is 1. The van der Waals surface area contributed by atoms with Gasteiger partial charge in [0.05, 0.1) is 17.9 Å². The Balaban J connectivity index is 2.00. The van der Waals surface area contributed by atoms with Gasteiger partial charge < -0.3 is 15.8 Å². The zero-order chi connectivity index (χ0) is 15.1. The van der Waals surface area contributed by atoms with Crippen molar-refractivity contribution in [2.45, 2.75) is 13.3 Å². The summed E-state index contributed by atoms with van der Waals surface area (Å²) in [5.74, 6) is 0.0833. The first kappa shape index (κ1) is 14.8. The lowest BCUT2D eigenvalue weighted by molar-refractivity contribution is 0.0527.